The molecule has 140 valence electrons. The lowest BCUT2D eigenvalue weighted by molar-refractivity contribution is -0.0481. The Morgan fingerprint density at radius 2 is 1.92 bits per heavy atom. The van der Waals surface area contributed by atoms with Crippen LogP contribution in [0.2, 0.25) is 5.02 Å². The Labute approximate surface area is 160 Å². The van der Waals surface area contributed by atoms with Gasteiger partial charge in [-0.3, -0.25) is 0 Å². The van der Waals surface area contributed by atoms with Crippen LogP contribution < -0.4 is 4.90 Å². The summed E-state index contributed by atoms with van der Waals surface area (Å²) in [4.78, 5) is 2.10. The minimum absolute atomic E-state index is 0.0908. The number of benzene rings is 2. The van der Waals surface area contributed by atoms with Crippen LogP contribution in [0.5, 0.6) is 0 Å². The molecular weight excluding hydrogens is 349 g/mol. The summed E-state index contributed by atoms with van der Waals surface area (Å²) >= 11 is 6.23. The maximum atomic E-state index is 14.3. The van der Waals surface area contributed by atoms with Gasteiger partial charge in [-0.15, -0.1) is 0 Å². The van der Waals surface area contributed by atoms with Gasteiger partial charge in [0.05, 0.1) is 5.60 Å². The maximum absolute atomic E-state index is 14.3. The molecule has 0 aromatic heterocycles. The van der Waals surface area contributed by atoms with Gasteiger partial charge < -0.3 is 10.0 Å². The lowest BCUT2D eigenvalue weighted by atomic mass is 9.70. The second kappa shape index (κ2) is 7.98. The molecule has 1 aliphatic carbocycles. The van der Waals surface area contributed by atoms with Crippen molar-refractivity contribution in [2.45, 2.75) is 44.1 Å². The molecule has 2 aromatic rings. The predicted octanol–water partition coefficient (Wildman–Crippen LogP) is 5.25. The molecule has 3 rings (SSSR count). The van der Waals surface area contributed by atoms with Crippen molar-refractivity contribution in [2.75, 3.05) is 19.0 Å². The third kappa shape index (κ3) is 4.05. The summed E-state index contributed by atoms with van der Waals surface area (Å²) < 4.78 is 14.3. The number of para-hydroxylation sites is 1. The lowest BCUT2D eigenvalue weighted by Gasteiger charge is -2.41. The van der Waals surface area contributed by atoms with Crippen molar-refractivity contribution < 1.29 is 9.50 Å². The van der Waals surface area contributed by atoms with Gasteiger partial charge in [0.2, 0.25) is 0 Å². The van der Waals surface area contributed by atoms with E-state index in [0.717, 1.165) is 25.7 Å². The van der Waals surface area contributed by atoms with Gasteiger partial charge in [-0.25, -0.2) is 4.39 Å². The molecular formula is C22H27ClFNO. The lowest BCUT2D eigenvalue weighted by Crippen LogP contribution is -2.44. The van der Waals surface area contributed by atoms with E-state index < -0.39 is 5.60 Å². The normalized spacial score (nSPS) is 23.0. The zero-order chi connectivity index (χ0) is 18.7. The molecule has 0 radical (unpaired) electrons. The molecule has 1 aliphatic rings. The molecule has 26 heavy (non-hydrogen) atoms. The molecule has 2 atom stereocenters. The Morgan fingerprint density at radius 3 is 2.65 bits per heavy atom. The number of rotatable bonds is 5. The van der Waals surface area contributed by atoms with Crippen LogP contribution >= 0.6 is 11.6 Å². The van der Waals surface area contributed by atoms with E-state index in [1.54, 1.807) is 12.1 Å². The second-order valence-electron chi connectivity index (χ2n) is 7.65. The zero-order valence-corrected chi connectivity index (χ0v) is 16.3. The smallest absolute Gasteiger partial charge is 0.127 e. The van der Waals surface area contributed by atoms with Crippen molar-refractivity contribution in [3.8, 4) is 0 Å². The SMILES string of the molecule is CN(C)c1ccccc1CC1CCCCC1(O)Cc1c(F)cccc1Cl. The first kappa shape index (κ1) is 19.2. The van der Waals surface area contributed by atoms with Crippen LogP contribution in [0.1, 0.15) is 36.8 Å². The van der Waals surface area contributed by atoms with E-state index in [-0.39, 0.29) is 18.2 Å². The fourth-order valence-corrected chi connectivity index (χ4v) is 4.44. The molecule has 0 spiro atoms. The molecule has 2 unspecified atom stereocenters. The van der Waals surface area contributed by atoms with E-state index in [4.69, 9.17) is 11.6 Å². The van der Waals surface area contributed by atoms with E-state index in [0.29, 0.717) is 17.0 Å². The Hall–Kier alpha value is -1.58. The molecule has 0 bridgehead atoms. The number of hydrogen-bond acceptors (Lipinski definition) is 2. The number of aliphatic hydroxyl groups is 1. The Morgan fingerprint density at radius 1 is 1.15 bits per heavy atom. The summed E-state index contributed by atoms with van der Waals surface area (Å²) in [6, 6.07) is 13.0. The maximum Gasteiger partial charge on any atom is 0.127 e. The molecule has 0 saturated heterocycles. The molecule has 1 saturated carbocycles. The summed E-state index contributed by atoms with van der Waals surface area (Å²) in [6.45, 7) is 0. The highest BCUT2D eigenvalue weighted by molar-refractivity contribution is 6.31. The average molecular weight is 376 g/mol. The largest absolute Gasteiger partial charge is 0.389 e. The van der Waals surface area contributed by atoms with E-state index in [9.17, 15) is 9.50 Å². The van der Waals surface area contributed by atoms with Crippen LogP contribution in [0.3, 0.4) is 0 Å². The van der Waals surface area contributed by atoms with Crippen molar-refractivity contribution in [3.05, 3.63) is 64.4 Å². The van der Waals surface area contributed by atoms with Gasteiger partial charge in [-0.1, -0.05) is 48.7 Å². The molecule has 1 fully saturated rings. The predicted molar refractivity (Wildman–Crippen MR) is 106 cm³/mol. The van der Waals surface area contributed by atoms with Crippen LogP contribution in [0.25, 0.3) is 0 Å². The highest BCUT2D eigenvalue weighted by Crippen LogP contribution is 2.41. The Bertz CT molecular complexity index is 743. The Kier molecular flexibility index (Phi) is 5.89. The van der Waals surface area contributed by atoms with E-state index in [1.807, 2.05) is 26.2 Å². The van der Waals surface area contributed by atoms with Crippen molar-refractivity contribution in [1.29, 1.82) is 0 Å². The van der Waals surface area contributed by atoms with Crippen LogP contribution in [-0.2, 0) is 12.8 Å². The molecule has 2 nitrogen and oxygen atoms in total. The van der Waals surface area contributed by atoms with Crippen LogP contribution in [0, 0.1) is 11.7 Å². The summed E-state index contributed by atoms with van der Waals surface area (Å²) in [7, 11) is 4.07. The number of anilines is 1. The minimum atomic E-state index is -0.927. The van der Waals surface area contributed by atoms with E-state index >= 15 is 0 Å². The summed E-state index contributed by atoms with van der Waals surface area (Å²) in [5.41, 5.74) is 1.90. The van der Waals surface area contributed by atoms with E-state index in [1.165, 1.54) is 17.3 Å². The third-order valence-corrected chi connectivity index (χ3v) is 6.01. The van der Waals surface area contributed by atoms with Gasteiger partial charge in [0.25, 0.3) is 0 Å². The van der Waals surface area contributed by atoms with Gasteiger partial charge in [0, 0.05) is 36.8 Å². The molecule has 0 aliphatic heterocycles. The highest BCUT2D eigenvalue weighted by atomic mass is 35.5. The highest BCUT2D eigenvalue weighted by Gasteiger charge is 2.40. The standard InChI is InChI=1S/C22H27ClFNO/c1-25(2)21-12-4-3-8-16(21)14-17-9-5-6-13-22(17,26)15-18-19(23)10-7-11-20(18)24/h3-4,7-8,10-12,17,26H,5-6,9,13-15H2,1-2H3. The van der Waals surface area contributed by atoms with Gasteiger partial charge >= 0.3 is 0 Å². The summed E-state index contributed by atoms with van der Waals surface area (Å²) in [6.07, 6.45) is 4.76. The average Bonchev–Trinajstić information content (AvgIpc) is 2.61. The van der Waals surface area contributed by atoms with Gasteiger partial charge in [0.15, 0.2) is 0 Å². The number of nitrogens with zero attached hydrogens (tertiary/aromatic N) is 1. The van der Waals surface area contributed by atoms with Gasteiger partial charge in [0.1, 0.15) is 5.82 Å². The first-order valence-corrected chi connectivity index (χ1v) is 9.69. The number of hydrogen-bond donors (Lipinski definition) is 1. The van der Waals surface area contributed by atoms with Crippen molar-refractivity contribution in [2.24, 2.45) is 5.92 Å². The zero-order valence-electron chi connectivity index (χ0n) is 15.5. The van der Waals surface area contributed by atoms with Crippen LogP contribution in [0.4, 0.5) is 10.1 Å². The fourth-order valence-electron chi connectivity index (χ4n) is 4.21. The molecule has 1 N–H and O–H groups in total. The molecule has 4 heteroatoms. The topological polar surface area (TPSA) is 23.5 Å². The first-order chi connectivity index (χ1) is 12.4. The van der Waals surface area contributed by atoms with Crippen molar-refractivity contribution in [3.63, 3.8) is 0 Å². The molecule has 0 amide bonds. The van der Waals surface area contributed by atoms with E-state index in [2.05, 4.69) is 17.0 Å². The van der Waals surface area contributed by atoms with Crippen LogP contribution in [-0.4, -0.2) is 24.8 Å². The quantitative estimate of drug-likeness (QED) is 0.771. The van der Waals surface area contributed by atoms with Crippen molar-refractivity contribution in [1.82, 2.24) is 0 Å². The van der Waals surface area contributed by atoms with Gasteiger partial charge in [-0.05, 0) is 48.9 Å². The van der Waals surface area contributed by atoms with Gasteiger partial charge in [-0.2, -0.15) is 0 Å². The Balaban J connectivity index is 1.88. The second-order valence-corrected chi connectivity index (χ2v) is 8.06. The van der Waals surface area contributed by atoms with Crippen LogP contribution in [0.15, 0.2) is 42.5 Å². The molecule has 0 heterocycles. The van der Waals surface area contributed by atoms with Crippen molar-refractivity contribution >= 4 is 17.3 Å². The fraction of sp³-hybridized carbons (Fsp3) is 0.455. The summed E-state index contributed by atoms with van der Waals surface area (Å²) in [5, 5.41) is 11.9. The summed E-state index contributed by atoms with van der Waals surface area (Å²) in [5.74, 6) is -0.239. The molecule has 2 aromatic carbocycles. The monoisotopic (exact) mass is 375 g/mol. The number of halogens is 2. The third-order valence-electron chi connectivity index (χ3n) is 5.66. The first-order valence-electron chi connectivity index (χ1n) is 9.31. The minimum Gasteiger partial charge on any atom is -0.389 e.